The minimum absolute atomic E-state index is 0.0365. The van der Waals surface area contributed by atoms with Crippen molar-refractivity contribution in [1.82, 2.24) is 5.32 Å². The molecule has 1 amide bonds. The van der Waals surface area contributed by atoms with E-state index in [1.807, 2.05) is 20.8 Å². The molecule has 0 aliphatic rings. The van der Waals surface area contributed by atoms with E-state index in [-0.39, 0.29) is 11.4 Å². The lowest BCUT2D eigenvalue weighted by Crippen LogP contribution is -2.48. The monoisotopic (exact) mass is 428 g/mol. The summed E-state index contributed by atoms with van der Waals surface area (Å²) in [5.74, 6) is -0.403. The predicted octanol–water partition coefficient (Wildman–Crippen LogP) is 4.49. The number of amides is 1. The average molecular weight is 429 g/mol. The summed E-state index contributed by atoms with van der Waals surface area (Å²) in [6.07, 6.45) is 0.708. The molecule has 0 unspecified atom stereocenters. The first-order valence-corrected chi connectivity index (χ1v) is 10.6. The Balaban J connectivity index is 2.44. The number of carbonyl (C=O) groups excluding carboxylic acids is 1. The fourth-order valence-electron chi connectivity index (χ4n) is 2.32. The molecule has 8 heteroatoms. The molecule has 0 aliphatic carbocycles. The molecule has 2 rings (SSSR count). The fraction of sp³-hybridized carbons (Fsp3) is 0.316. The van der Waals surface area contributed by atoms with Crippen LogP contribution >= 0.6 is 23.2 Å². The van der Waals surface area contributed by atoms with Gasteiger partial charge in [-0.25, -0.2) is 8.42 Å². The van der Waals surface area contributed by atoms with E-state index in [0.717, 1.165) is 4.31 Å². The van der Waals surface area contributed by atoms with Gasteiger partial charge in [0.05, 0.1) is 10.6 Å². The van der Waals surface area contributed by atoms with Crippen molar-refractivity contribution in [3.8, 4) is 0 Å². The zero-order valence-corrected chi connectivity index (χ0v) is 17.7. The van der Waals surface area contributed by atoms with E-state index in [1.165, 1.54) is 30.3 Å². The number of nitrogens with one attached hydrogen (secondary N) is 1. The lowest BCUT2D eigenvalue weighted by atomic mass is 10.0. The second-order valence-corrected chi connectivity index (χ2v) is 9.47. The van der Waals surface area contributed by atoms with E-state index in [0.29, 0.717) is 22.2 Å². The number of carbonyl (C=O) groups is 1. The van der Waals surface area contributed by atoms with Gasteiger partial charge in [0, 0.05) is 15.6 Å². The van der Waals surface area contributed by atoms with Crippen molar-refractivity contribution < 1.29 is 13.2 Å². The molecule has 27 heavy (non-hydrogen) atoms. The van der Waals surface area contributed by atoms with E-state index in [1.54, 1.807) is 18.2 Å². The van der Waals surface area contributed by atoms with Gasteiger partial charge in [-0.05, 0) is 62.7 Å². The fourth-order valence-corrected chi connectivity index (χ4v) is 4.04. The van der Waals surface area contributed by atoms with Gasteiger partial charge in [-0.1, -0.05) is 36.2 Å². The number of hydrogen-bond acceptors (Lipinski definition) is 3. The van der Waals surface area contributed by atoms with E-state index >= 15 is 0 Å². The van der Waals surface area contributed by atoms with Crippen molar-refractivity contribution in [1.29, 1.82) is 0 Å². The third-order valence-corrected chi connectivity index (χ3v) is 6.42. The molecular weight excluding hydrogens is 407 g/mol. The van der Waals surface area contributed by atoms with Crippen molar-refractivity contribution in [2.24, 2.45) is 0 Å². The number of anilines is 1. The highest BCUT2D eigenvalue weighted by Gasteiger charge is 2.29. The van der Waals surface area contributed by atoms with Gasteiger partial charge in [-0.3, -0.25) is 9.10 Å². The second kappa shape index (κ2) is 8.50. The lowest BCUT2D eigenvalue weighted by Gasteiger charge is -2.28. The molecule has 2 aromatic carbocycles. The molecule has 0 bridgehead atoms. The van der Waals surface area contributed by atoms with Crippen LogP contribution in [0.4, 0.5) is 5.69 Å². The Bertz CT molecular complexity index is 913. The number of hydrogen-bond donors (Lipinski definition) is 1. The molecule has 146 valence electrons. The molecule has 0 radical (unpaired) electrons. The van der Waals surface area contributed by atoms with Gasteiger partial charge in [0.1, 0.15) is 6.54 Å². The largest absolute Gasteiger partial charge is 0.350 e. The minimum atomic E-state index is -3.99. The highest BCUT2D eigenvalue weighted by Crippen LogP contribution is 2.27. The molecule has 1 N–H and O–H groups in total. The van der Waals surface area contributed by atoms with Crippen LogP contribution in [-0.4, -0.2) is 26.4 Å². The van der Waals surface area contributed by atoms with Crippen LogP contribution in [0.3, 0.4) is 0 Å². The van der Waals surface area contributed by atoms with Crippen LogP contribution in [0.1, 0.15) is 27.2 Å². The molecule has 0 saturated carbocycles. The first-order valence-electron chi connectivity index (χ1n) is 8.40. The molecule has 0 aromatic heterocycles. The Morgan fingerprint density at radius 2 is 1.70 bits per heavy atom. The van der Waals surface area contributed by atoms with Crippen LogP contribution < -0.4 is 9.62 Å². The molecule has 2 aromatic rings. The molecule has 0 heterocycles. The lowest BCUT2D eigenvalue weighted by molar-refractivity contribution is -0.121. The second-order valence-electron chi connectivity index (χ2n) is 6.73. The van der Waals surface area contributed by atoms with Gasteiger partial charge in [0.25, 0.3) is 10.0 Å². The first kappa shape index (κ1) is 21.5. The Kier molecular flexibility index (Phi) is 6.78. The Morgan fingerprint density at radius 1 is 1.07 bits per heavy atom. The van der Waals surface area contributed by atoms with Crippen molar-refractivity contribution in [2.45, 2.75) is 37.6 Å². The summed E-state index contributed by atoms with van der Waals surface area (Å²) in [5.41, 5.74) is -0.136. The molecule has 0 atom stereocenters. The van der Waals surface area contributed by atoms with Crippen LogP contribution in [0.25, 0.3) is 0 Å². The average Bonchev–Trinajstić information content (AvgIpc) is 2.59. The normalized spacial score (nSPS) is 11.9. The van der Waals surface area contributed by atoms with Crippen molar-refractivity contribution in [3.05, 3.63) is 58.6 Å². The summed E-state index contributed by atoms with van der Waals surface area (Å²) in [5, 5.41) is 3.65. The standard InChI is InChI=1S/C19H22Cl2N2O3S/c1-4-19(2,3)22-18(24)13-23(16-7-5-6-15(21)12-16)27(25,26)17-10-8-14(20)9-11-17/h5-12H,4,13H2,1-3H3,(H,22,24). The van der Waals surface area contributed by atoms with Gasteiger partial charge in [-0.15, -0.1) is 0 Å². The molecule has 0 aliphatic heterocycles. The predicted molar refractivity (Wildman–Crippen MR) is 110 cm³/mol. The molecular formula is C19H22Cl2N2O3S. The Morgan fingerprint density at radius 3 is 2.26 bits per heavy atom. The maximum Gasteiger partial charge on any atom is 0.264 e. The summed E-state index contributed by atoms with van der Waals surface area (Å²) in [4.78, 5) is 12.6. The maximum absolute atomic E-state index is 13.2. The van der Waals surface area contributed by atoms with Gasteiger partial charge < -0.3 is 5.32 Å². The summed E-state index contributed by atoms with van der Waals surface area (Å²) >= 11 is 11.9. The first-order chi connectivity index (χ1) is 12.5. The quantitative estimate of drug-likeness (QED) is 0.705. The summed E-state index contributed by atoms with van der Waals surface area (Å²) < 4.78 is 27.4. The molecule has 5 nitrogen and oxygen atoms in total. The Labute approximate surface area is 170 Å². The number of nitrogens with zero attached hydrogens (tertiary/aromatic N) is 1. The Hall–Kier alpha value is -1.76. The van der Waals surface area contributed by atoms with Gasteiger partial charge in [0.15, 0.2) is 0 Å². The number of rotatable bonds is 7. The maximum atomic E-state index is 13.2. The summed E-state index contributed by atoms with van der Waals surface area (Å²) in [7, 11) is -3.99. The number of halogens is 2. The van der Waals surface area contributed by atoms with Crippen molar-refractivity contribution >= 4 is 44.8 Å². The number of sulfonamides is 1. The van der Waals surface area contributed by atoms with Crippen LogP contribution in [0.5, 0.6) is 0 Å². The van der Waals surface area contributed by atoms with Crippen LogP contribution in [0.15, 0.2) is 53.4 Å². The highest BCUT2D eigenvalue weighted by atomic mass is 35.5. The third kappa shape index (κ3) is 5.61. The third-order valence-electron chi connectivity index (χ3n) is 4.15. The van der Waals surface area contributed by atoms with E-state index in [2.05, 4.69) is 5.32 Å². The van der Waals surface area contributed by atoms with Crippen molar-refractivity contribution in [2.75, 3.05) is 10.8 Å². The van der Waals surface area contributed by atoms with Crippen LogP contribution in [0.2, 0.25) is 10.0 Å². The highest BCUT2D eigenvalue weighted by molar-refractivity contribution is 7.92. The van der Waals surface area contributed by atoms with E-state index < -0.39 is 21.5 Å². The van der Waals surface area contributed by atoms with Gasteiger partial charge in [0.2, 0.25) is 5.91 Å². The molecule has 0 fully saturated rings. The SMILES string of the molecule is CCC(C)(C)NC(=O)CN(c1cccc(Cl)c1)S(=O)(=O)c1ccc(Cl)cc1. The van der Waals surface area contributed by atoms with Crippen LogP contribution in [-0.2, 0) is 14.8 Å². The molecule has 0 saturated heterocycles. The number of benzene rings is 2. The van der Waals surface area contributed by atoms with Gasteiger partial charge >= 0.3 is 0 Å². The summed E-state index contributed by atoms with van der Waals surface area (Å²) in [6, 6.07) is 12.2. The zero-order chi connectivity index (χ0) is 20.2. The summed E-state index contributed by atoms with van der Waals surface area (Å²) in [6.45, 7) is 5.33. The van der Waals surface area contributed by atoms with Crippen LogP contribution in [0, 0.1) is 0 Å². The van der Waals surface area contributed by atoms with Crippen molar-refractivity contribution in [3.63, 3.8) is 0 Å². The minimum Gasteiger partial charge on any atom is -0.350 e. The van der Waals surface area contributed by atoms with E-state index in [9.17, 15) is 13.2 Å². The van der Waals surface area contributed by atoms with E-state index in [4.69, 9.17) is 23.2 Å². The topological polar surface area (TPSA) is 66.5 Å². The van der Waals surface area contributed by atoms with Gasteiger partial charge in [-0.2, -0.15) is 0 Å². The smallest absolute Gasteiger partial charge is 0.264 e. The molecule has 0 spiro atoms. The zero-order valence-electron chi connectivity index (χ0n) is 15.4.